The minimum Gasteiger partial charge on any atom is -0.345 e. The van der Waals surface area contributed by atoms with Crippen LogP contribution >= 0.6 is 15.9 Å². The van der Waals surface area contributed by atoms with E-state index in [1.807, 2.05) is 24.3 Å². The summed E-state index contributed by atoms with van der Waals surface area (Å²) in [6, 6.07) is 14.5. The second kappa shape index (κ2) is 7.74. The van der Waals surface area contributed by atoms with Gasteiger partial charge in [-0.15, -0.1) is 0 Å². The predicted octanol–water partition coefficient (Wildman–Crippen LogP) is 3.80. The highest BCUT2D eigenvalue weighted by atomic mass is 79.9. The molecule has 2 aromatic carbocycles. The number of hydrogen-bond donors (Lipinski definition) is 1. The molecule has 4 nitrogen and oxygen atoms in total. The van der Waals surface area contributed by atoms with Gasteiger partial charge in [-0.3, -0.25) is 9.59 Å². The SMILES string of the molecule is CN(C)C(=O)c1ccc(/C=C/C(=O)Nc2ccccc2Br)cc1. The van der Waals surface area contributed by atoms with Crippen molar-refractivity contribution < 1.29 is 9.59 Å². The van der Waals surface area contributed by atoms with Crippen LogP contribution in [0.3, 0.4) is 0 Å². The first-order chi connectivity index (χ1) is 11.0. The first kappa shape index (κ1) is 17.0. The number of amides is 2. The van der Waals surface area contributed by atoms with E-state index in [-0.39, 0.29) is 11.8 Å². The molecule has 2 amide bonds. The first-order valence-electron chi connectivity index (χ1n) is 7.02. The highest BCUT2D eigenvalue weighted by molar-refractivity contribution is 9.10. The molecular formula is C18H17BrN2O2. The maximum Gasteiger partial charge on any atom is 0.253 e. The average molecular weight is 373 g/mol. The van der Waals surface area contributed by atoms with Crippen molar-refractivity contribution in [1.82, 2.24) is 4.90 Å². The zero-order chi connectivity index (χ0) is 16.8. The molecule has 0 aliphatic heterocycles. The summed E-state index contributed by atoms with van der Waals surface area (Å²) in [6.45, 7) is 0. The monoisotopic (exact) mass is 372 g/mol. The largest absolute Gasteiger partial charge is 0.345 e. The molecule has 0 spiro atoms. The maximum atomic E-state index is 11.9. The van der Waals surface area contributed by atoms with Crippen LogP contribution in [0.15, 0.2) is 59.1 Å². The van der Waals surface area contributed by atoms with Crippen molar-refractivity contribution in [2.45, 2.75) is 0 Å². The third kappa shape index (κ3) is 4.79. The third-order valence-corrected chi connectivity index (χ3v) is 3.81. The van der Waals surface area contributed by atoms with Crippen molar-refractivity contribution in [3.63, 3.8) is 0 Å². The molecule has 1 N–H and O–H groups in total. The Bertz CT molecular complexity index is 737. The molecule has 0 aliphatic rings. The average Bonchev–Trinajstić information content (AvgIpc) is 2.55. The summed E-state index contributed by atoms with van der Waals surface area (Å²) >= 11 is 3.38. The fraction of sp³-hybridized carbons (Fsp3) is 0.111. The normalized spacial score (nSPS) is 10.6. The van der Waals surface area contributed by atoms with Gasteiger partial charge in [0.15, 0.2) is 0 Å². The van der Waals surface area contributed by atoms with Gasteiger partial charge in [-0.1, -0.05) is 24.3 Å². The molecule has 0 fully saturated rings. The van der Waals surface area contributed by atoms with Gasteiger partial charge in [0.2, 0.25) is 5.91 Å². The molecule has 0 aromatic heterocycles. The van der Waals surface area contributed by atoms with Crippen LogP contribution in [-0.2, 0) is 4.79 Å². The molecule has 0 saturated carbocycles. The Morgan fingerprint density at radius 2 is 1.70 bits per heavy atom. The lowest BCUT2D eigenvalue weighted by molar-refractivity contribution is -0.111. The van der Waals surface area contributed by atoms with E-state index in [1.165, 1.54) is 11.0 Å². The van der Waals surface area contributed by atoms with Crippen molar-refractivity contribution in [2.24, 2.45) is 0 Å². The molecule has 0 bridgehead atoms. The minimum atomic E-state index is -0.217. The predicted molar refractivity (Wildman–Crippen MR) is 96.3 cm³/mol. The fourth-order valence-corrected chi connectivity index (χ4v) is 2.29. The lowest BCUT2D eigenvalue weighted by atomic mass is 10.1. The van der Waals surface area contributed by atoms with Gasteiger partial charge in [-0.2, -0.15) is 0 Å². The number of hydrogen-bond acceptors (Lipinski definition) is 2. The van der Waals surface area contributed by atoms with E-state index >= 15 is 0 Å². The van der Waals surface area contributed by atoms with Crippen LogP contribution in [0.2, 0.25) is 0 Å². The molecular weight excluding hydrogens is 356 g/mol. The molecule has 5 heteroatoms. The van der Waals surface area contributed by atoms with Crippen LogP contribution in [0.4, 0.5) is 5.69 Å². The summed E-state index contributed by atoms with van der Waals surface area (Å²) in [5.41, 5.74) is 2.18. The molecule has 23 heavy (non-hydrogen) atoms. The molecule has 0 aliphatic carbocycles. The number of nitrogens with one attached hydrogen (secondary N) is 1. The number of nitrogens with zero attached hydrogens (tertiary/aromatic N) is 1. The van der Waals surface area contributed by atoms with Gasteiger partial charge in [-0.05, 0) is 51.8 Å². The van der Waals surface area contributed by atoms with Gasteiger partial charge in [0.1, 0.15) is 0 Å². The Kier molecular flexibility index (Phi) is 5.71. The van der Waals surface area contributed by atoms with Crippen LogP contribution in [0, 0.1) is 0 Å². The number of anilines is 1. The number of para-hydroxylation sites is 1. The molecule has 2 rings (SSSR count). The van der Waals surface area contributed by atoms with Crippen molar-refractivity contribution in [3.05, 3.63) is 70.2 Å². The van der Waals surface area contributed by atoms with Crippen LogP contribution in [0.25, 0.3) is 6.08 Å². The van der Waals surface area contributed by atoms with E-state index in [9.17, 15) is 9.59 Å². The molecule has 0 saturated heterocycles. The zero-order valence-corrected chi connectivity index (χ0v) is 14.5. The molecule has 0 heterocycles. The van der Waals surface area contributed by atoms with Gasteiger partial charge in [0.25, 0.3) is 5.91 Å². The van der Waals surface area contributed by atoms with Crippen LogP contribution < -0.4 is 5.32 Å². The highest BCUT2D eigenvalue weighted by Crippen LogP contribution is 2.21. The van der Waals surface area contributed by atoms with Crippen molar-refractivity contribution in [1.29, 1.82) is 0 Å². The van der Waals surface area contributed by atoms with Crippen LogP contribution in [0.1, 0.15) is 15.9 Å². The fourth-order valence-electron chi connectivity index (χ4n) is 1.90. The summed E-state index contributed by atoms with van der Waals surface area (Å²) in [7, 11) is 3.42. The van der Waals surface area contributed by atoms with E-state index in [1.54, 1.807) is 44.4 Å². The number of rotatable bonds is 4. The van der Waals surface area contributed by atoms with E-state index in [0.29, 0.717) is 11.3 Å². The Morgan fingerprint density at radius 1 is 1.04 bits per heavy atom. The third-order valence-electron chi connectivity index (χ3n) is 3.12. The number of halogens is 1. The summed E-state index contributed by atoms with van der Waals surface area (Å²) in [6.07, 6.45) is 3.16. The zero-order valence-electron chi connectivity index (χ0n) is 12.9. The Balaban J connectivity index is 2.01. The molecule has 0 unspecified atom stereocenters. The molecule has 0 radical (unpaired) electrons. The van der Waals surface area contributed by atoms with Gasteiger partial charge in [-0.25, -0.2) is 0 Å². The van der Waals surface area contributed by atoms with Gasteiger partial charge < -0.3 is 10.2 Å². The van der Waals surface area contributed by atoms with Gasteiger partial charge in [0, 0.05) is 30.2 Å². The lowest BCUT2D eigenvalue weighted by Crippen LogP contribution is -2.21. The van der Waals surface area contributed by atoms with Crippen molar-refractivity contribution in [2.75, 3.05) is 19.4 Å². The van der Waals surface area contributed by atoms with Crippen molar-refractivity contribution in [3.8, 4) is 0 Å². The second-order valence-corrected chi connectivity index (χ2v) is 5.98. The topological polar surface area (TPSA) is 49.4 Å². The summed E-state index contributed by atoms with van der Waals surface area (Å²) in [5, 5.41) is 2.79. The summed E-state index contributed by atoms with van der Waals surface area (Å²) in [4.78, 5) is 25.2. The van der Waals surface area contributed by atoms with E-state index in [4.69, 9.17) is 0 Å². The second-order valence-electron chi connectivity index (χ2n) is 5.12. The Hall–Kier alpha value is -2.40. The number of benzene rings is 2. The standard InChI is InChI=1S/C18H17BrN2O2/c1-21(2)18(23)14-10-7-13(8-11-14)9-12-17(22)20-16-6-4-3-5-15(16)19/h3-12H,1-2H3,(H,20,22)/b12-9+. The van der Waals surface area contributed by atoms with E-state index < -0.39 is 0 Å². The van der Waals surface area contributed by atoms with E-state index in [2.05, 4.69) is 21.2 Å². The minimum absolute atomic E-state index is 0.0489. The summed E-state index contributed by atoms with van der Waals surface area (Å²) in [5.74, 6) is -0.266. The molecule has 0 atom stereocenters. The first-order valence-corrected chi connectivity index (χ1v) is 7.82. The molecule has 118 valence electrons. The smallest absolute Gasteiger partial charge is 0.253 e. The van der Waals surface area contributed by atoms with Crippen LogP contribution in [0.5, 0.6) is 0 Å². The summed E-state index contributed by atoms with van der Waals surface area (Å²) < 4.78 is 0.827. The van der Waals surface area contributed by atoms with Gasteiger partial charge in [0.05, 0.1) is 5.69 Å². The Labute approximate surface area is 143 Å². The number of carbonyl (C=O) groups excluding carboxylic acids is 2. The van der Waals surface area contributed by atoms with Crippen LogP contribution in [-0.4, -0.2) is 30.8 Å². The number of carbonyl (C=O) groups is 2. The highest BCUT2D eigenvalue weighted by Gasteiger charge is 2.06. The van der Waals surface area contributed by atoms with E-state index in [0.717, 1.165) is 10.0 Å². The quantitative estimate of drug-likeness (QED) is 0.829. The van der Waals surface area contributed by atoms with Gasteiger partial charge >= 0.3 is 0 Å². The maximum absolute atomic E-state index is 11.9. The van der Waals surface area contributed by atoms with Crippen molar-refractivity contribution >= 4 is 39.5 Å². The Morgan fingerprint density at radius 3 is 2.30 bits per heavy atom. The lowest BCUT2D eigenvalue weighted by Gasteiger charge is -2.09. The molecule has 2 aromatic rings.